The lowest BCUT2D eigenvalue weighted by atomic mass is 9.90. The topological polar surface area (TPSA) is 85.2 Å². The highest BCUT2D eigenvalue weighted by atomic mass is 16.5. The second kappa shape index (κ2) is 8.70. The van der Waals surface area contributed by atoms with E-state index >= 15 is 0 Å². The zero-order chi connectivity index (χ0) is 22.1. The van der Waals surface area contributed by atoms with Gasteiger partial charge in [-0.05, 0) is 69.0 Å². The number of aromatic nitrogens is 4. The summed E-state index contributed by atoms with van der Waals surface area (Å²) in [5.41, 5.74) is 5.61. The van der Waals surface area contributed by atoms with Crippen LogP contribution in [0.4, 0.5) is 0 Å². The second-order valence-electron chi connectivity index (χ2n) is 8.43. The minimum atomic E-state index is -0.110. The number of carbonyl (C=O) groups is 1. The van der Waals surface area contributed by atoms with Crippen LogP contribution in [0.5, 0.6) is 5.75 Å². The average Bonchev–Trinajstić information content (AvgIpc) is 3.48. The fraction of sp³-hybridized carbons (Fsp3) is 0.417. The summed E-state index contributed by atoms with van der Waals surface area (Å²) in [6.07, 6.45) is 7.82. The molecule has 3 aromatic rings. The quantitative estimate of drug-likeness (QED) is 0.644. The number of benzene rings is 1. The average molecular weight is 433 g/mol. The Hall–Kier alpha value is -3.26. The van der Waals surface area contributed by atoms with Crippen molar-refractivity contribution in [1.29, 1.82) is 0 Å². The summed E-state index contributed by atoms with van der Waals surface area (Å²) in [6.45, 7) is 5.64. The lowest BCUT2D eigenvalue weighted by Crippen LogP contribution is -2.33. The summed E-state index contributed by atoms with van der Waals surface area (Å²) in [5, 5.41) is 7.45. The van der Waals surface area contributed by atoms with Crippen molar-refractivity contribution in [1.82, 2.24) is 30.0 Å². The molecule has 3 heterocycles. The summed E-state index contributed by atoms with van der Waals surface area (Å²) >= 11 is 0. The fourth-order valence-electron chi connectivity index (χ4n) is 4.57. The van der Waals surface area contributed by atoms with Gasteiger partial charge in [-0.15, -0.1) is 0 Å². The number of ether oxygens (including phenoxy) is 1. The number of carbonyl (C=O) groups excluding carboxylic acids is 1. The molecule has 32 heavy (non-hydrogen) atoms. The molecule has 2 aromatic heterocycles. The van der Waals surface area contributed by atoms with E-state index in [9.17, 15) is 4.79 Å². The van der Waals surface area contributed by atoms with E-state index in [-0.39, 0.29) is 5.91 Å². The molecule has 1 aliphatic heterocycles. The monoisotopic (exact) mass is 432 g/mol. The Labute approximate surface area is 187 Å². The van der Waals surface area contributed by atoms with E-state index < -0.39 is 0 Å². The predicted molar refractivity (Wildman–Crippen MR) is 121 cm³/mol. The van der Waals surface area contributed by atoms with Crippen LogP contribution in [0.1, 0.15) is 40.0 Å². The zero-order valence-corrected chi connectivity index (χ0v) is 18.6. The number of nitrogens with zero attached hydrogens (tertiary/aromatic N) is 5. The van der Waals surface area contributed by atoms with Crippen LogP contribution < -0.4 is 10.1 Å². The number of fused-ring (bicyclic) bond motifs is 3. The van der Waals surface area contributed by atoms with Crippen LogP contribution in [0, 0.1) is 6.92 Å². The number of hydrogen-bond acceptors (Lipinski definition) is 6. The van der Waals surface area contributed by atoms with Gasteiger partial charge in [0.2, 0.25) is 0 Å². The molecule has 0 bridgehead atoms. The van der Waals surface area contributed by atoms with E-state index in [1.807, 2.05) is 25.3 Å². The fourth-order valence-corrected chi connectivity index (χ4v) is 4.57. The van der Waals surface area contributed by atoms with Crippen molar-refractivity contribution in [2.24, 2.45) is 0 Å². The molecule has 0 radical (unpaired) electrons. The second-order valence-corrected chi connectivity index (χ2v) is 8.43. The van der Waals surface area contributed by atoms with Gasteiger partial charge in [0.1, 0.15) is 5.75 Å². The third-order valence-electron chi connectivity index (χ3n) is 6.44. The van der Waals surface area contributed by atoms with Crippen molar-refractivity contribution in [2.75, 3.05) is 33.3 Å². The molecule has 0 saturated carbocycles. The smallest absolute Gasteiger partial charge is 0.254 e. The third kappa shape index (κ3) is 3.86. The highest BCUT2D eigenvalue weighted by Crippen LogP contribution is 2.34. The van der Waals surface area contributed by atoms with Gasteiger partial charge in [-0.3, -0.25) is 4.79 Å². The first-order valence-corrected chi connectivity index (χ1v) is 11.2. The molecule has 2 aliphatic rings. The SMILES string of the molecule is COc1ccc2c(c1)-c1nc(-n3ncc(C(=O)NCCN4CCCC4)c3C)ncc1CC2. The first-order chi connectivity index (χ1) is 15.6. The van der Waals surface area contributed by atoms with Gasteiger partial charge in [0.25, 0.3) is 11.9 Å². The Balaban J connectivity index is 1.38. The molecule has 0 atom stereocenters. The van der Waals surface area contributed by atoms with E-state index in [2.05, 4.69) is 26.4 Å². The van der Waals surface area contributed by atoms with Crippen LogP contribution in [-0.4, -0.2) is 63.8 Å². The van der Waals surface area contributed by atoms with E-state index in [4.69, 9.17) is 9.72 Å². The minimum absolute atomic E-state index is 0.110. The highest BCUT2D eigenvalue weighted by Gasteiger charge is 2.22. The van der Waals surface area contributed by atoms with Crippen LogP contribution in [-0.2, 0) is 12.8 Å². The van der Waals surface area contributed by atoms with Crippen molar-refractivity contribution in [3.8, 4) is 23.0 Å². The van der Waals surface area contributed by atoms with Gasteiger partial charge in [-0.1, -0.05) is 6.07 Å². The van der Waals surface area contributed by atoms with Gasteiger partial charge in [0, 0.05) is 24.8 Å². The van der Waals surface area contributed by atoms with Crippen LogP contribution in [0.15, 0.2) is 30.6 Å². The maximum absolute atomic E-state index is 12.7. The maximum Gasteiger partial charge on any atom is 0.254 e. The molecule has 1 amide bonds. The molecule has 1 fully saturated rings. The van der Waals surface area contributed by atoms with Gasteiger partial charge in [0.05, 0.1) is 30.3 Å². The van der Waals surface area contributed by atoms with Crippen LogP contribution >= 0.6 is 0 Å². The van der Waals surface area contributed by atoms with Crippen molar-refractivity contribution in [3.63, 3.8) is 0 Å². The molecule has 1 saturated heterocycles. The van der Waals surface area contributed by atoms with Crippen molar-refractivity contribution < 1.29 is 9.53 Å². The number of nitrogens with one attached hydrogen (secondary N) is 1. The number of hydrogen-bond donors (Lipinski definition) is 1. The number of methoxy groups -OCH3 is 1. The van der Waals surface area contributed by atoms with E-state index in [0.717, 1.165) is 60.7 Å². The first-order valence-electron chi connectivity index (χ1n) is 11.2. The molecular weight excluding hydrogens is 404 g/mol. The number of likely N-dealkylation sites (tertiary alicyclic amines) is 1. The molecule has 1 aromatic carbocycles. The van der Waals surface area contributed by atoms with Gasteiger partial charge in [-0.2, -0.15) is 5.10 Å². The van der Waals surface area contributed by atoms with Gasteiger partial charge < -0.3 is 15.0 Å². The number of amides is 1. The molecule has 0 unspecified atom stereocenters. The zero-order valence-electron chi connectivity index (χ0n) is 18.6. The van der Waals surface area contributed by atoms with E-state index in [0.29, 0.717) is 18.1 Å². The lowest BCUT2D eigenvalue weighted by molar-refractivity contribution is 0.0949. The minimum Gasteiger partial charge on any atom is -0.497 e. The summed E-state index contributed by atoms with van der Waals surface area (Å²) in [6, 6.07) is 6.11. The van der Waals surface area contributed by atoms with Crippen LogP contribution in [0.25, 0.3) is 17.2 Å². The normalized spacial score (nSPS) is 15.3. The largest absolute Gasteiger partial charge is 0.497 e. The lowest BCUT2D eigenvalue weighted by Gasteiger charge is -2.20. The van der Waals surface area contributed by atoms with E-state index in [1.54, 1.807) is 18.0 Å². The standard InChI is InChI=1S/C24H28N6O2/c1-16-21(23(31)25-9-12-29-10-3-4-11-29)15-27-30(16)24-26-14-18-6-5-17-7-8-19(32-2)13-20(17)22(18)28-24/h7-8,13-15H,3-6,9-12H2,1-2H3,(H,25,31). The Kier molecular flexibility index (Phi) is 5.61. The van der Waals surface area contributed by atoms with Gasteiger partial charge in [-0.25, -0.2) is 14.6 Å². The Morgan fingerprint density at radius 1 is 1.16 bits per heavy atom. The highest BCUT2D eigenvalue weighted by molar-refractivity contribution is 5.95. The molecule has 1 aliphatic carbocycles. The van der Waals surface area contributed by atoms with Crippen molar-refractivity contribution in [2.45, 2.75) is 32.6 Å². The summed E-state index contributed by atoms with van der Waals surface area (Å²) < 4.78 is 7.06. The third-order valence-corrected chi connectivity index (χ3v) is 6.44. The van der Waals surface area contributed by atoms with Crippen molar-refractivity contribution >= 4 is 5.91 Å². The molecule has 166 valence electrons. The number of aryl methyl sites for hydroxylation is 2. The molecule has 8 nitrogen and oxygen atoms in total. The molecular formula is C24H28N6O2. The molecule has 5 rings (SSSR count). The summed E-state index contributed by atoms with van der Waals surface area (Å²) in [5.74, 6) is 1.16. The Morgan fingerprint density at radius 2 is 1.97 bits per heavy atom. The summed E-state index contributed by atoms with van der Waals surface area (Å²) in [4.78, 5) is 24.5. The first kappa shape index (κ1) is 20.6. The Morgan fingerprint density at radius 3 is 2.78 bits per heavy atom. The Bertz CT molecular complexity index is 1150. The molecule has 1 N–H and O–H groups in total. The maximum atomic E-state index is 12.7. The number of rotatable bonds is 6. The van der Waals surface area contributed by atoms with Crippen LogP contribution in [0.3, 0.4) is 0 Å². The summed E-state index contributed by atoms with van der Waals surface area (Å²) in [7, 11) is 1.67. The van der Waals surface area contributed by atoms with E-state index in [1.165, 1.54) is 18.4 Å². The van der Waals surface area contributed by atoms with Gasteiger partial charge in [0.15, 0.2) is 0 Å². The predicted octanol–water partition coefficient (Wildman–Crippen LogP) is 2.57. The van der Waals surface area contributed by atoms with Gasteiger partial charge >= 0.3 is 0 Å². The van der Waals surface area contributed by atoms with Crippen molar-refractivity contribution in [3.05, 3.63) is 53.0 Å². The van der Waals surface area contributed by atoms with Crippen LogP contribution in [0.2, 0.25) is 0 Å². The molecule has 8 heteroatoms. The molecule has 0 spiro atoms.